The molecule has 1 aromatic carbocycles. The standard InChI is InChI=1S/C16H24BrNO2/c1-5-8-18-14-10-16(3,11(2)19-4)20-15-9-12(17)6-7-13(14)15/h6-7,9,11,14,18H,5,8,10H2,1-4H3. The second-order valence-corrected chi connectivity index (χ2v) is 6.60. The van der Waals surface area contributed by atoms with E-state index in [1.165, 1.54) is 5.56 Å². The van der Waals surface area contributed by atoms with Gasteiger partial charge < -0.3 is 14.8 Å². The van der Waals surface area contributed by atoms with Crippen molar-refractivity contribution in [1.29, 1.82) is 0 Å². The Hall–Kier alpha value is -0.580. The van der Waals surface area contributed by atoms with E-state index in [4.69, 9.17) is 9.47 Å². The molecular weight excluding hydrogens is 318 g/mol. The van der Waals surface area contributed by atoms with Gasteiger partial charge in [0, 0.05) is 29.6 Å². The van der Waals surface area contributed by atoms with E-state index in [0.29, 0.717) is 6.04 Å². The molecule has 1 aliphatic rings. The van der Waals surface area contributed by atoms with Gasteiger partial charge in [0.15, 0.2) is 0 Å². The first-order valence-corrected chi connectivity index (χ1v) is 8.04. The molecule has 0 radical (unpaired) electrons. The zero-order chi connectivity index (χ0) is 14.8. The number of rotatable bonds is 5. The van der Waals surface area contributed by atoms with Crippen LogP contribution >= 0.6 is 15.9 Å². The Balaban J connectivity index is 2.33. The van der Waals surface area contributed by atoms with Crippen molar-refractivity contribution in [2.24, 2.45) is 0 Å². The number of benzene rings is 1. The van der Waals surface area contributed by atoms with Crippen molar-refractivity contribution in [2.75, 3.05) is 13.7 Å². The quantitative estimate of drug-likeness (QED) is 0.875. The first-order valence-electron chi connectivity index (χ1n) is 7.25. The predicted octanol–water partition coefficient (Wildman–Crippen LogP) is 4.07. The molecule has 0 saturated carbocycles. The van der Waals surface area contributed by atoms with Gasteiger partial charge >= 0.3 is 0 Å². The van der Waals surface area contributed by atoms with Gasteiger partial charge in [-0.1, -0.05) is 28.9 Å². The molecule has 1 aromatic rings. The SMILES string of the molecule is CCCNC1CC(C)(C(C)OC)Oc2cc(Br)ccc21. The van der Waals surface area contributed by atoms with Crippen molar-refractivity contribution in [2.45, 2.75) is 51.4 Å². The van der Waals surface area contributed by atoms with Crippen molar-refractivity contribution in [3.8, 4) is 5.75 Å². The maximum absolute atomic E-state index is 6.27. The summed E-state index contributed by atoms with van der Waals surface area (Å²) < 4.78 is 12.8. The van der Waals surface area contributed by atoms with Crippen LogP contribution < -0.4 is 10.1 Å². The van der Waals surface area contributed by atoms with E-state index < -0.39 is 0 Å². The number of hydrogen-bond acceptors (Lipinski definition) is 3. The second kappa shape index (κ2) is 6.46. The summed E-state index contributed by atoms with van der Waals surface area (Å²) in [4.78, 5) is 0. The van der Waals surface area contributed by atoms with Gasteiger partial charge in [-0.3, -0.25) is 0 Å². The van der Waals surface area contributed by atoms with Gasteiger partial charge in [0.2, 0.25) is 0 Å². The van der Waals surface area contributed by atoms with Gasteiger partial charge in [0.1, 0.15) is 11.4 Å². The zero-order valence-electron chi connectivity index (χ0n) is 12.7. The lowest BCUT2D eigenvalue weighted by Gasteiger charge is -2.43. The van der Waals surface area contributed by atoms with Crippen molar-refractivity contribution in [3.05, 3.63) is 28.2 Å². The number of ether oxygens (including phenoxy) is 2. The van der Waals surface area contributed by atoms with Crippen LogP contribution in [0.4, 0.5) is 0 Å². The summed E-state index contributed by atoms with van der Waals surface area (Å²) >= 11 is 3.52. The Morgan fingerprint density at radius 2 is 2.30 bits per heavy atom. The summed E-state index contributed by atoms with van der Waals surface area (Å²) in [5, 5.41) is 3.63. The summed E-state index contributed by atoms with van der Waals surface area (Å²) in [6, 6.07) is 6.58. The second-order valence-electron chi connectivity index (χ2n) is 5.69. The number of hydrogen-bond donors (Lipinski definition) is 1. The highest BCUT2D eigenvalue weighted by Gasteiger charge is 2.41. The first-order chi connectivity index (χ1) is 9.50. The molecule has 3 atom stereocenters. The van der Waals surface area contributed by atoms with Crippen LogP contribution in [0.2, 0.25) is 0 Å². The summed E-state index contributed by atoms with van der Waals surface area (Å²) in [6.45, 7) is 7.40. The van der Waals surface area contributed by atoms with Crippen LogP contribution in [0.5, 0.6) is 5.75 Å². The average Bonchev–Trinajstić information content (AvgIpc) is 2.43. The normalized spacial score (nSPS) is 26.8. The van der Waals surface area contributed by atoms with Crippen LogP contribution in [0.1, 0.15) is 45.2 Å². The van der Waals surface area contributed by atoms with Crippen LogP contribution in [-0.4, -0.2) is 25.4 Å². The maximum Gasteiger partial charge on any atom is 0.134 e. The summed E-state index contributed by atoms with van der Waals surface area (Å²) in [6.07, 6.45) is 2.08. The van der Waals surface area contributed by atoms with Crippen LogP contribution in [0.25, 0.3) is 0 Å². The van der Waals surface area contributed by atoms with E-state index in [-0.39, 0.29) is 11.7 Å². The molecule has 3 nitrogen and oxygen atoms in total. The van der Waals surface area contributed by atoms with Crippen LogP contribution in [0.15, 0.2) is 22.7 Å². The smallest absolute Gasteiger partial charge is 0.134 e. The fraction of sp³-hybridized carbons (Fsp3) is 0.625. The van der Waals surface area contributed by atoms with Crippen LogP contribution in [0, 0.1) is 0 Å². The van der Waals surface area contributed by atoms with Gasteiger partial charge in [-0.25, -0.2) is 0 Å². The number of halogens is 1. The average molecular weight is 342 g/mol. The fourth-order valence-electron chi connectivity index (χ4n) is 2.69. The third-order valence-electron chi connectivity index (χ3n) is 4.16. The van der Waals surface area contributed by atoms with E-state index in [1.807, 2.05) is 0 Å². The molecule has 20 heavy (non-hydrogen) atoms. The minimum Gasteiger partial charge on any atom is -0.484 e. The molecular formula is C16H24BrNO2. The van der Waals surface area contributed by atoms with E-state index in [1.54, 1.807) is 7.11 Å². The molecule has 0 spiro atoms. The summed E-state index contributed by atoms with van der Waals surface area (Å²) in [5.41, 5.74) is 0.927. The number of nitrogens with one attached hydrogen (secondary N) is 1. The van der Waals surface area contributed by atoms with Gasteiger partial charge in [0.25, 0.3) is 0 Å². The largest absolute Gasteiger partial charge is 0.484 e. The number of methoxy groups -OCH3 is 1. The van der Waals surface area contributed by atoms with E-state index in [9.17, 15) is 0 Å². The van der Waals surface area contributed by atoms with Crippen molar-refractivity contribution >= 4 is 15.9 Å². The lowest BCUT2D eigenvalue weighted by atomic mass is 9.85. The monoisotopic (exact) mass is 341 g/mol. The van der Waals surface area contributed by atoms with E-state index in [0.717, 1.165) is 29.6 Å². The summed E-state index contributed by atoms with van der Waals surface area (Å²) in [7, 11) is 1.74. The topological polar surface area (TPSA) is 30.5 Å². The third-order valence-corrected chi connectivity index (χ3v) is 4.65. The Kier molecular flexibility index (Phi) is 5.10. The fourth-order valence-corrected chi connectivity index (χ4v) is 3.03. The first kappa shape index (κ1) is 15.8. The molecule has 4 heteroatoms. The highest BCUT2D eigenvalue weighted by molar-refractivity contribution is 9.10. The molecule has 1 N–H and O–H groups in total. The molecule has 0 bridgehead atoms. The molecule has 0 amide bonds. The zero-order valence-corrected chi connectivity index (χ0v) is 14.3. The van der Waals surface area contributed by atoms with Crippen LogP contribution in [0.3, 0.4) is 0 Å². The van der Waals surface area contributed by atoms with Gasteiger partial charge in [-0.2, -0.15) is 0 Å². The van der Waals surface area contributed by atoms with Crippen molar-refractivity contribution < 1.29 is 9.47 Å². The molecule has 1 heterocycles. The lowest BCUT2D eigenvalue weighted by molar-refractivity contribution is -0.0731. The Labute approximate surface area is 130 Å². The van der Waals surface area contributed by atoms with E-state index >= 15 is 0 Å². The molecule has 2 rings (SSSR count). The number of fused-ring (bicyclic) bond motifs is 1. The Bertz CT molecular complexity index is 466. The molecule has 0 fully saturated rings. The Morgan fingerprint density at radius 1 is 1.55 bits per heavy atom. The summed E-state index contributed by atoms with van der Waals surface area (Å²) in [5.74, 6) is 0.950. The lowest BCUT2D eigenvalue weighted by Crippen LogP contribution is -2.50. The highest BCUT2D eigenvalue weighted by atomic mass is 79.9. The minimum absolute atomic E-state index is 0.0422. The highest BCUT2D eigenvalue weighted by Crippen LogP contribution is 2.42. The molecule has 112 valence electrons. The molecule has 0 saturated heterocycles. The molecule has 3 unspecified atom stereocenters. The van der Waals surface area contributed by atoms with Crippen molar-refractivity contribution in [1.82, 2.24) is 5.32 Å². The molecule has 0 aromatic heterocycles. The van der Waals surface area contributed by atoms with Gasteiger partial charge in [-0.15, -0.1) is 0 Å². The van der Waals surface area contributed by atoms with E-state index in [2.05, 4.69) is 60.2 Å². The maximum atomic E-state index is 6.27. The predicted molar refractivity (Wildman–Crippen MR) is 85.3 cm³/mol. The van der Waals surface area contributed by atoms with Gasteiger partial charge in [0.05, 0.1) is 6.10 Å². The Morgan fingerprint density at radius 3 is 2.95 bits per heavy atom. The van der Waals surface area contributed by atoms with Crippen LogP contribution in [-0.2, 0) is 4.74 Å². The minimum atomic E-state index is -0.312. The molecule has 0 aliphatic carbocycles. The third kappa shape index (κ3) is 3.18. The van der Waals surface area contributed by atoms with Crippen molar-refractivity contribution in [3.63, 3.8) is 0 Å². The van der Waals surface area contributed by atoms with Gasteiger partial charge in [-0.05, 0) is 38.9 Å². The molecule has 1 aliphatic heterocycles.